The predicted molar refractivity (Wildman–Crippen MR) is 182 cm³/mol. The third-order valence-electron chi connectivity index (χ3n) is 8.79. The van der Waals surface area contributed by atoms with Crippen LogP contribution in [-0.2, 0) is 0 Å². The fourth-order valence-electron chi connectivity index (χ4n) is 6.86. The highest BCUT2D eigenvalue weighted by Gasteiger charge is 2.35. The predicted octanol–water partition coefficient (Wildman–Crippen LogP) is 10.6. The monoisotopic (exact) mass is 578 g/mol. The molecule has 0 fully saturated rings. The minimum atomic E-state index is 0.328. The largest absolute Gasteiger partial charge is 0.454 e. The van der Waals surface area contributed by atoms with Crippen LogP contribution in [0.2, 0.25) is 0 Å². The summed E-state index contributed by atoms with van der Waals surface area (Å²) in [6.07, 6.45) is 0. The molecule has 0 amide bonds. The molecule has 0 N–H and O–H groups in total. The number of nitrogens with zero attached hydrogens (tertiary/aromatic N) is 3. The van der Waals surface area contributed by atoms with Crippen molar-refractivity contribution in [3.05, 3.63) is 140 Å². The highest BCUT2D eigenvalue weighted by Crippen LogP contribution is 2.55. The van der Waals surface area contributed by atoms with Gasteiger partial charge < -0.3 is 9.25 Å². The first-order valence-electron chi connectivity index (χ1n) is 15.4. The molecule has 7 aromatic carbocycles. The van der Waals surface area contributed by atoms with Crippen molar-refractivity contribution in [2.24, 2.45) is 0 Å². The van der Waals surface area contributed by atoms with Crippen LogP contribution >= 0.6 is 0 Å². The lowest BCUT2D eigenvalue weighted by Crippen LogP contribution is -2.28. The minimum Gasteiger partial charge on any atom is -0.454 e. The molecule has 1 aliphatic rings. The average Bonchev–Trinajstić information content (AvgIpc) is 3.52. The van der Waals surface area contributed by atoms with E-state index in [-0.39, 0.29) is 0 Å². The lowest BCUT2D eigenvalue weighted by Gasteiger charge is -2.32. The normalized spacial score (nSPS) is 12.9. The maximum Gasteiger partial charge on any atom is 0.265 e. The van der Waals surface area contributed by atoms with Gasteiger partial charge in [-0.05, 0) is 39.7 Å². The maximum atomic E-state index is 8.73. The number of para-hydroxylation sites is 2. The lowest BCUT2D eigenvalue weighted by molar-refractivity contribution is 0.315. The Bertz CT molecular complexity index is 2700. The molecule has 10 rings (SSSR count). The summed E-state index contributed by atoms with van der Waals surface area (Å²) in [7, 11) is 0. The van der Waals surface area contributed by atoms with E-state index in [1.165, 1.54) is 0 Å². The van der Waals surface area contributed by atoms with E-state index in [2.05, 4.69) is 72.8 Å². The van der Waals surface area contributed by atoms with Gasteiger partial charge in [-0.1, -0.05) is 121 Å². The maximum absolute atomic E-state index is 8.73. The Hall–Kier alpha value is -6.20. The molecule has 0 spiro atoms. The number of fused-ring (bicyclic) bond motifs is 13. The van der Waals surface area contributed by atoms with Crippen LogP contribution in [0.4, 0.5) is 11.6 Å². The molecule has 1 aliphatic heterocycles. The smallest absolute Gasteiger partial charge is 0.265 e. The molecule has 0 saturated heterocycles. The van der Waals surface area contributed by atoms with Gasteiger partial charge in [-0.3, -0.25) is 0 Å². The molecule has 3 heterocycles. The SMILES string of the molecule is [2H]c1cccc2c1oc1c3c(c4ccccc4c12)-c1c(ccc2ccccc12)ON3c1nc(-c2ccccc2)c2ccccc2n1. The van der Waals surface area contributed by atoms with Crippen LogP contribution < -0.4 is 9.90 Å². The molecule has 5 nitrogen and oxygen atoms in total. The number of benzene rings is 7. The number of aromatic nitrogens is 2. The zero-order valence-corrected chi connectivity index (χ0v) is 23.9. The Balaban J connectivity index is 1.39. The molecule has 210 valence electrons. The first kappa shape index (κ1) is 23.3. The van der Waals surface area contributed by atoms with Crippen molar-refractivity contribution < 1.29 is 10.6 Å². The highest BCUT2D eigenvalue weighted by atomic mass is 16.7. The number of hydrogen-bond acceptors (Lipinski definition) is 5. The zero-order valence-electron chi connectivity index (χ0n) is 24.9. The van der Waals surface area contributed by atoms with Crippen molar-refractivity contribution in [2.45, 2.75) is 0 Å². The summed E-state index contributed by atoms with van der Waals surface area (Å²) in [5, 5.41) is 8.78. The standard InChI is InChI=1S/C40H23N3O2/c1-2-13-25(14-3-1)37-29-18-8-10-20-31(29)41-40(42-37)43-38-36(35-26-15-5-4-12-24(26)22-23-33(35)45-43)28-17-7-6-16-27(28)34-30-19-9-11-21-32(30)44-39(34)38/h1-23H/i21D. The molecule has 0 saturated carbocycles. The second-order valence-electron chi connectivity index (χ2n) is 11.3. The van der Waals surface area contributed by atoms with E-state index in [1.54, 1.807) is 11.1 Å². The second kappa shape index (κ2) is 9.15. The number of anilines is 2. The van der Waals surface area contributed by atoms with Gasteiger partial charge in [-0.2, -0.15) is 0 Å². The van der Waals surface area contributed by atoms with Gasteiger partial charge in [0.25, 0.3) is 5.95 Å². The van der Waals surface area contributed by atoms with Gasteiger partial charge in [0.05, 0.1) is 12.6 Å². The van der Waals surface area contributed by atoms with Crippen LogP contribution in [0.1, 0.15) is 1.37 Å². The van der Waals surface area contributed by atoms with Crippen LogP contribution in [0.25, 0.3) is 76.8 Å². The van der Waals surface area contributed by atoms with Crippen LogP contribution in [0.15, 0.2) is 144 Å². The van der Waals surface area contributed by atoms with E-state index in [0.717, 1.165) is 65.6 Å². The quantitative estimate of drug-likeness (QED) is 0.204. The van der Waals surface area contributed by atoms with E-state index >= 15 is 0 Å². The summed E-state index contributed by atoms with van der Waals surface area (Å²) >= 11 is 0. The summed E-state index contributed by atoms with van der Waals surface area (Å²) in [6.45, 7) is 0. The van der Waals surface area contributed by atoms with Gasteiger partial charge in [-0.15, -0.1) is 5.06 Å². The van der Waals surface area contributed by atoms with Crippen molar-refractivity contribution in [3.63, 3.8) is 0 Å². The molecule has 0 bridgehead atoms. The second-order valence-corrected chi connectivity index (χ2v) is 11.3. The molecule has 0 atom stereocenters. The summed E-state index contributed by atoms with van der Waals surface area (Å²) in [5.41, 5.74) is 6.42. The van der Waals surface area contributed by atoms with Crippen LogP contribution in [0.5, 0.6) is 5.75 Å². The van der Waals surface area contributed by atoms with Crippen LogP contribution in [0, 0.1) is 0 Å². The van der Waals surface area contributed by atoms with Gasteiger partial charge in [0.1, 0.15) is 11.3 Å². The average molecular weight is 579 g/mol. The van der Waals surface area contributed by atoms with Gasteiger partial charge in [0.15, 0.2) is 11.3 Å². The third-order valence-corrected chi connectivity index (χ3v) is 8.79. The fourth-order valence-corrected chi connectivity index (χ4v) is 6.86. The van der Waals surface area contributed by atoms with Crippen molar-refractivity contribution in [1.82, 2.24) is 9.97 Å². The van der Waals surface area contributed by atoms with E-state index in [4.69, 9.17) is 20.6 Å². The summed E-state index contributed by atoms with van der Waals surface area (Å²) in [5.74, 6) is 1.09. The molecule has 5 heteroatoms. The van der Waals surface area contributed by atoms with Gasteiger partial charge in [-0.25, -0.2) is 9.97 Å². The van der Waals surface area contributed by atoms with E-state index in [0.29, 0.717) is 34.6 Å². The Kier molecular flexibility index (Phi) is 4.73. The molecular weight excluding hydrogens is 554 g/mol. The number of rotatable bonds is 2. The molecule has 0 aliphatic carbocycles. The van der Waals surface area contributed by atoms with Gasteiger partial charge in [0, 0.05) is 32.8 Å². The molecule has 9 aromatic rings. The Morgan fingerprint density at radius 2 is 1.29 bits per heavy atom. The van der Waals surface area contributed by atoms with Crippen molar-refractivity contribution in [1.29, 1.82) is 0 Å². The van der Waals surface area contributed by atoms with Crippen LogP contribution in [0.3, 0.4) is 0 Å². The summed E-state index contributed by atoms with van der Waals surface area (Å²) < 4.78 is 15.4. The first-order valence-corrected chi connectivity index (χ1v) is 14.9. The van der Waals surface area contributed by atoms with Gasteiger partial charge >= 0.3 is 0 Å². The third kappa shape index (κ3) is 3.43. The molecule has 0 unspecified atom stereocenters. The zero-order chi connectivity index (χ0) is 30.4. The van der Waals surface area contributed by atoms with Crippen molar-refractivity contribution in [2.75, 3.05) is 5.06 Å². The first-order chi connectivity index (χ1) is 22.7. The van der Waals surface area contributed by atoms with Crippen molar-refractivity contribution >= 4 is 66.0 Å². The van der Waals surface area contributed by atoms with Gasteiger partial charge in [0.2, 0.25) is 0 Å². The van der Waals surface area contributed by atoms with Crippen LogP contribution in [-0.4, -0.2) is 9.97 Å². The van der Waals surface area contributed by atoms with E-state index in [9.17, 15) is 0 Å². The topological polar surface area (TPSA) is 51.4 Å². The minimum absolute atomic E-state index is 0.328. The lowest BCUT2D eigenvalue weighted by atomic mass is 9.89. The summed E-state index contributed by atoms with van der Waals surface area (Å²) in [4.78, 5) is 17.2. The Morgan fingerprint density at radius 1 is 0.578 bits per heavy atom. The molecule has 45 heavy (non-hydrogen) atoms. The Morgan fingerprint density at radius 3 is 2.18 bits per heavy atom. The van der Waals surface area contributed by atoms with E-state index < -0.39 is 0 Å². The molecule has 0 radical (unpaired) electrons. The number of furan rings is 1. The Labute approximate surface area is 258 Å². The van der Waals surface area contributed by atoms with Crippen molar-refractivity contribution in [3.8, 4) is 28.1 Å². The highest BCUT2D eigenvalue weighted by molar-refractivity contribution is 6.29. The summed E-state index contributed by atoms with van der Waals surface area (Å²) in [6, 6.07) is 45.1. The van der Waals surface area contributed by atoms with E-state index in [1.807, 2.05) is 54.6 Å². The number of hydrogen-bond donors (Lipinski definition) is 0. The fraction of sp³-hybridized carbons (Fsp3) is 0. The molecule has 2 aromatic heterocycles. The molecular formula is C40H23N3O2.